The Labute approximate surface area is 327 Å². The van der Waals surface area contributed by atoms with Gasteiger partial charge in [0, 0.05) is 48.0 Å². The Morgan fingerprint density at radius 2 is 0.964 bits per heavy atom. The van der Waals surface area contributed by atoms with E-state index in [2.05, 4.69) is 84.9 Å². The van der Waals surface area contributed by atoms with Crippen molar-refractivity contribution in [3.8, 4) is 79.4 Å². The molecule has 264 valence electrons. The van der Waals surface area contributed by atoms with Gasteiger partial charge in [0.2, 0.25) is 0 Å². The Hall–Kier alpha value is -7.35. The predicted octanol–water partition coefficient (Wildman–Crippen LogP) is 12.8. The van der Waals surface area contributed by atoms with Crippen LogP contribution >= 0.6 is 11.3 Å². The molecule has 0 saturated heterocycles. The van der Waals surface area contributed by atoms with Gasteiger partial charge in [-0.15, -0.1) is 11.3 Å². The van der Waals surface area contributed by atoms with E-state index in [4.69, 9.17) is 29.7 Å². The van der Waals surface area contributed by atoms with Crippen molar-refractivity contribution in [3.63, 3.8) is 0 Å². The summed E-state index contributed by atoms with van der Waals surface area (Å²) in [5, 5.41) is 2.23. The molecule has 0 amide bonds. The summed E-state index contributed by atoms with van der Waals surface area (Å²) in [6, 6.07) is 61.4. The maximum Gasteiger partial charge on any atom is 0.172 e. The minimum Gasteiger partial charge on any atom is -0.453 e. The number of hydrogen-bond acceptors (Lipinski definition) is 7. The molecular formula is C49H31N5OS. The number of fused-ring (bicyclic) bond motifs is 3. The van der Waals surface area contributed by atoms with Crippen LogP contribution in [0.2, 0.25) is 0 Å². The van der Waals surface area contributed by atoms with Crippen LogP contribution in [0.3, 0.4) is 0 Å². The predicted molar refractivity (Wildman–Crippen MR) is 227 cm³/mol. The van der Waals surface area contributed by atoms with Crippen molar-refractivity contribution in [2.24, 2.45) is 0 Å². The number of hydrogen-bond donors (Lipinski definition) is 0. The Kier molecular flexibility index (Phi) is 8.59. The van der Waals surface area contributed by atoms with E-state index in [1.807, 2.05) is 97.1 Å². The zero-order valence-corrected chi connectivity index (χ0v) is 30.8. The summed E-state index contributed by atoms with van der Waals surface area (Å²) in [5.74, 6) is 3.81. The Bertz CT molecular complexity index is 2990. The summed E-state index contributed by atoms with van der Waals surface area (Å²) in [5.41, 5.74) is 7.65. The zero-order valence-electron chi connectivity index (χ0n) is 30.0. The van der Waals surface area contributed by atoms with E-state index in [0.717, 1.165) is 70.6 Å². The van der Waals surface area contributed by atoms with E-state index in [1.54, 1.807) is 17.5 Å². The fourth-order valence-corrected chi connectivity index (χ4v) is 8.12. The van der Waals surface area contributed by atoms with Crippen LogP contribution < -0.4 is 4.74 Å². The van der Waals surface area contributed by atoms with Gasteiger partial charge in [-0.2, -0.15) is 0 Å². The van der Waals surface area contributed by atoms with Gasteiger partial charge in [0.05, 0.1) is 6.20 Å². The van der Waals surface area contributed by atoms with Crippen LogP contribution in [0.5, 0.6) is 11.5 Å². The molecule has 0 aliphatic heterocycles. The molecule has 7 aromatic carbocycles. The maximum atomic E-state index is 6.31. The maximum absolute atomic E-state index is 6.31. The Morgan fingerprint density at radius 3 is 1.68 bits per heavy atom. The second kappa shape index (κ2) is 14.5. The standard InChI is InChI=1S/C49H31N5OS/c1-5-15-32(16-6-1)35-21-13-22-36(29-35)47-52-46(34-19-9-3-10-20-34)53-48(54-47)37-27-28-43-41(30-37)39-25-14-26-40(45(39)56-43)49-50-31-42(55-38-23-11-4-12-24-38)44(51-49)33-17-7-2-8-18-33/h1-31H. The molecule has 0 spiro atoms. The fraction of sp³-hybridized carbons (Fsp3) is 0. The summed E-state index contributed by atoms with van der Waals surface area (Å²) in [6.07, 6.45) is 1.78. The minimum atomic E-state index is 0.595. The molecule has 0 radical (unpaired) electrons. The van der Waals surface area contributed by atoms with Crippen molar-refractivity contribution in [2.45, 2.75) is 0 Å². The molecule has 0 fully saturated rings. The third-order valence-electron chi connectivity index (χ3n) is 9.66. The second-order valence-electron chi connectivity index (χ2n) is 13.3. The van der Waals surface area contributed by atoms with Gasteiger partial charge in [-0.1, -0.05) is 140 Å². The lowest BCUT2D eigenvalue weighted by Gasteiger charge is -2.12. The number of nitrogens with zero attached hydrogens (tertiary/aromatic N) is 5. The molecule has 10 aromatic rings. The highest BCUT2D eigenvalue weighted by Crippen LogP contribution is 2.42. The first-order valence-corrected chi connectivity index (χ1v) is 19.1. The van der Waals surface area contributed by atoms with Gasteiger partial charge in [-0.25, -0.2) is 24.9 Å². The van der Waals surface area contributed by atoms with Gasteiger partial charge in [-0.05, 0) is 53.6 Å². The van der Waals surface area contributed by atoms with Crippen molar-refractivity contribution in [3.05, 3.63) is 188 Å². The van der Waals surface area contributed by atoms with Crippen LogP contribution in [0.4, 0.5) is 0 Å². The molecule has 10 rings (SSSR count). The van der Waals surface area contributed by atoms with Gasteiger partial charge in [0.1, 0.15) is 11.4 Å². The summed E-state index contributed by atoms with van der Waals surface area (Å²) in [4.78, 5) is 25.1. The normalized spacial score (nSPS) is 11.2. The summed E-state index contributed by atoms with van der Waals surface area (Å²) < 4.78 is 8.56. The minimum absolute atomic E-state index is 0.595. The van der Waals surface area contributed by atoms with Crippen molar-refractivity contribution < 1.29 is 4.74 Å². The molecule has 0 aliphatic carbocycles. The molecule has 0 saturated carbocycles. The van der Waals surface area contributed by atoms with Gasteiger partial charge in [0.25, 0.3) is 0 Å². The highest BCUT2D eigenvalue weighted by atomic mass is 32.1. The molecule has 0 unspecified atom stereocenters. The van der Waals surface area contributed by atoms with Gasteiger partial charge in [0.15, 0.2) is 29.0 Å². The summed E-state index contributed by atoms with van der Waals surface area (Å²) in [6.45, 7) is 0. The largest absolute Gasteiger partial charge is 0.453 e. The van der Waals surface area contributed by atoms with Crippen molar-refractivity contribution in [1.82, 2.24) is 24.9 Å². The summed E-state index contributed by atoms with van der Waals surface area (Å²) in [7, 11) is 0. The molecule has 0 aliphatic rings. The highest BCUT2D eigenvalue weighted by molar-refractivity contribution is 7.26. The quantitative estimate of drug-likeness (QED) is 0.155. The number of para-hydroxylation sites is 1. The molecule has 0 N–H and O–H groups in total. The molecular weight excluding hydrogens is 707 g/mol. The topological polar surface area (TPSA) is 73.7 Å². The number of ether oxygens (including phenoxy) is 1. The lowest BCUT2D eigenvalue weighted by molar-refractivity contribution is 0.480. The van der Waals surface area contributed by atoms with Crippen molar-refractivity contribution in [1.29, 1.82) is 0 Å². The fourth-order valence-electron chi connectivity index (χ4n) is 6.93. The molecule has 3 heterocycles. The Balaban J connectivity index is 1.08. The SMILES string of the molecule is c1ccc(Oc2cnc(-c3cccc4c3sc3ccc(-c5nc(-c6ccccc6)nc(-c6cccc(-c7ccccc7)c6)n5)cc34)nc2-c2ccccc2)cc1. The van der Waals surface area contributed by atoms with E-state index >= 15 is 0 Å². The van der Waals surface area contributed by atoms with E-state index < -0.39 is 0 Å². The van der Waals surface area contributed by atoms with E-state index in [9.17, 15) is 0 Å². The highest BCUT2D eigenvalue weighted by Gasteiger charge is 2.19. The van der Waals surface area contributed by atoms with E-state index in [0.29, 0.717) is 29.0 Å². The molecule has 56 heavy (non-hydrogen) atoms. The number of aromatic nitrogens is 5. The molecule has 0 bridgehead atoms. The lowest BCUT2D eigenvalue weighted by Crippen LogP contribution is -2.00. The lowest BCUT2D eigenvalue weighted by atomic mass is 10.0. The molecule has 6 nitrogen and oxygen atoms in total. The van der Waals surface area contributed by atoms with Gasteiger partial charge >= 0.3 is 0 Å². The van der Waals surface area contributed by atoms with Crippen molar-refractivity contribution >= 4 is 31.5 Å². The first-order valence-electron chi connectivity index (χ1n) is 18.3. The molecule has 0 atom stereocenters. The van der Waals surface area contributed by atoms with Crippen LogP contribution in [0, 0.1) is 0 Å². The number of rotatable bonds is 8. The zero-order chi connectivity index (χ0) is 37.3. The van der Waals surface area contributed by atoms with Gasteiger partial charge < -0.3 is 4.74 Å². The number of benzene rings is 7. The first-order chi connectivity index (χ1) is 27.7. The van der Waals surface area contributed by atoms with Crippen molar-refractivity contribution in [2.75, 3.05) is 0 Å². The first kappa shape index (κ1) is 33.2. The third-order valence-corrected chi connectivity index (χ3v) is 10.9. The van der Waals surface area contributed by atoms with Crippen LogP contribution in [0.25, 0.3) is 88.1 Å². The average molecular weight is 738 g/mol. The van der Waals surface area contributed by atoms with E-state index in [1.165, 1.54) is 0 Å². The van der Waals surface area contributed by atoms with Crippen LogP contribution in [0.1, 0.15) is 0 Å². The summed E-state index contributed by atoms with van der Waals surface area (Å²) >= 11 is 1.73. The smallest absolute Gasteiger partial charge is 0.172 e. The molecule has 7 heteroatoms. The Morgan fingerprint density at radius 1 is 0.393 bits per heavy atom. The van der Waals surface area contributed by atoms with Crippen LogP contribution in [0.15, 0.2) is 188 Å². The van der Waals surface area contributed by atoms with E-state index in [-0.39, 0.29) is 0 Å². The molecule has 3 aromatic heterocycles. The second-order valence-corrected chi connectivity index (χ2v) is 14.4. The van der Waals surface area contributed by atoms with Crippen LogP contribution in [-0.2, 0) is 0 Å². The third kappa shape index (κ3) is 6.46. The average Bonchev–Trinajstić information content (AvgIpc) is 3.66. The van der Waals surface area contributed by atoms with Crippen LogP contribution in [-0.4, -0.2) is 24.9 Å². The van der Waals surface area contributed by atoms with Gasteiger partial charge in [-0.3, -0.25) is 0 Å². The monoisotopic (exact) mass is 737 g/mol. The number of thiophene rings is 1.